The Morgan fingerprint density at radius 1 is 1.17 bits per heavy atom. The molecule has 12 nitrogen and oxygen atoms in total. The van der Waals surface area contributed by atoms with Crippen molar-refractivity contribution < 1.29 is 23.1 Å². The molecule has 252 valence electrons. The second-order valence-electron chi connectivity index (χ2n) is 13.7. The predicted molar refractivity (Wildman–Crippen MR) is 174 cm³/mol. The van der Waals surface area contributed by atoms with E-state index in [-0.39, 0.29) is 23.5 Å². The van der Waals surface area contributed by atoms with Crippen molar-refractivity contribution in [2.75, 3.05) is 6.61 Å². The van der Waals surface area contributed by atoms with Gasteiger partial charge in [0.1, 0.15) is 18.5 Å². The number of hydrogen-bond donors (Lipinski definition) is 4. The average molecular weight is 680 g/mol. The number of H-pyrrole nitrogens is 1. The number of rotatable bonds is 10. The third-order valence-electron chi connectivity index (χ3n) is 8.58. The number of ether oxygens (including phenoxy) is 1. The summed E-state index contributed by atoms with van der Waals surface area (Å²) in [5.41, 5.74) is 0.661. The number of aromatic nitrogens is 5. The van der Waals surface area contributed by atoms with Crippen molar-refractivity contribution >= 4 is 29.6 Å². The molecule has 2 aromatic carbocycles. The van der Waals surface area contributed by atoms with E-state index < -0.39 is 30.1 Å². The van der Waals surface area contributed by atoms with Gasteiger partial charge in [0.2, 0.25) is 0 Å². The second-order valence-corrected chi connectivity index (χ2v) is 14.1. The first-order valence-corrected chi connectivity index (χ1v) is 15.8. The fourth-order valence-corrected chi connectivity index (χ4v) is 6.21. The first kappa shape index (κ1) is 33.1. The van der Waals surface area contributed by atoms with Gasteiger partial charge < -0.3 is 15.4 Å². The molecule has 4 aromatic rings. The first-order chi connectivity index (χ1) is 22.7. The van der Waals surface area contributed by atoms with Crippen molar-refractivity contribution in [2.45, 2.75) is 70.6 Å². The van der Waals surface area contributed by atoms with Gasteiger partial charge in [-0.1, -0.05) is 62.7 Å². The van der Waals surface area contributed by atoms with Crippen LogP contribution < -0.4 is 10.6 Å². The van der Waals surface area contributed by atoms with Crippen LogP contribution in [0.1, 0.15) is 70.7 Å². The maximum atomic E-state index is 14.8. The number of benzene rings is 2. The van der Waals surface area contributed by atoms with Crippen LogP contribution in [0.25, 0.3) is 22.5 Å². The Kier molecular flexibility index (Phi) is 8.48. The molecule has 2 amide bonds. The molecule has 1 saturated heterocycles. The van der Waals surface area contributed by atoms with Gasteiger partial charge in [0, 0.05) is 22.9 Å². The van der Waals surface area contributed by atoms with Gasteiger partial charge >= 0.3 is 12.6 Å². The minimum absolute atomic E-state index is 0.177. The van der Waals surface area contributed by atoms with Crippen LogP contribution in [0, 0.1) is 10.8 Å². The number of halogens is 3. The molecular weight excluding hydrogens is 644 g/mol. The highest BCUT2D eigenvalue weighted by molar-refractivity contribution is 6.33. The third kappa shape index (κ3) is 6.61. The van der Waals surface area contributed by atoms with E-state index >= 15 is 0 Å². The van der Waals surface area contributed by atoms with Crippen LogP contribution in [-0.2, 0) is 15.1 Å². The van der Waals surface area contributed by atoms with Gasteiger partial charge in [0.25, 0.3) is 5.91 Å². The molecule has 1 aliphatic carbocycles. The largest absolute Gasteiger partial charge is 0.447 e. The van der Waals surface area contributed by atoms with Gasteiger partial charge in [-0.05, 0) is 60.4 Å². The quantitative estimate of drug-likeness (QED) is 0.151. The number of carbonyl (C=O) groups excluding carboxylic acids is 2. The molecule has 0 radical (unpaired) electrons. The van der Waals surface area contributed by atoms with E-state index in [1.54, 1.807) is 42.5 Å². The van der Waals surface area contributed by atoms with Crippen molar-refractivity contribution in [3.8, 4) is 22.5 Å². The zero-order valence-corrected chi connectivity index (χ0v) is 27.6. The lowest BCUT2D eigenvalue weighted by Crippen LogP contribution is -2.47. The van der Waals surface area contributed by atoms with Crippen LogP contribution in [0.4, 0.5) is 13.6 Å². The normalized spacial score (nSPS) is 19.4. The molecule has 4 N–H and O–H groups in total. The summed E-state index contributed by atoms with van der Waals surface area (Å²) in [6.45, 7) is 4.89. The smallest absolute Gasteiger partial charge is 0.407 e. The Labute approximate surface area is 280 Å². The molecule has 0 spiro atoms. The number of hydrogen-bond acceptors (Lipinski definition) is 7. The number of guanidine groups is 1. The molecular formula is C33H36ClF2N9O3. The van der Waals surface area contributed by atoms with Crippen molar-refractivity contribution in [3.63, 3.8) is 0 Å². The monoisotopic (exact) mass is 679 g/mol. The van der Waals surface area contributed by atoms with Crippen LogP contribution in [0.2, 0.25) is 5.02 Å². The first-order valence-electron chi connectivity index (χ1n) is 15.4. The molecule has 1 aliphatic heterocycles. The van der Waals surface area contributed by atoms with E-state index in [0.29, 0.717) is 49.8 Å². The van der Waals surface area contributed by atoms with E-state index in [2.05, 4.69) is 30.9 Å². The van der Waals surface area contributed by atoms with Crippen LogP contribution in [0.3, 0.4) is 0 Å². The molecule has 6 rings (SSSR count). The van der Waals surface area contributed by atoms with Crippen LogP contribution >= 0.6 is 11.6 Å². The topological polar surface area (TPSA) is 154 Å². The molecule has 15 heteroatoms. The summed E-state index contributed by atoms with van der Waals surface area (Å²) in [4.78, 5) is 33.2. The highest BCUT2D eigenvalue weighted by Crippen LogP contribution is 2.43. The maximum absolute atomic E-state index is 14.8. The number of alkyl halides is 2. The van der Waals surface area contributed by atoms with E-state index in [0.717, 1.165) is 12.8 Å². The van der Waals surface area contributed by atoms with Crippen molar-refractivity contribution in [2.24, 2.45) is 5.41 Å². The van der Waals surface area contributed by atoms with Crippen LogP contribution in [-0.4, -0.2) is 60.0 Å². The molecule has 2 fully saturated rings. The Bertz CT molecular complexity index is 1840. The minimum atomic E-state index is -2.77. The van der Waals surface area contributed by atoms with E-state index in [1.165, 1.54) is 23.6 Å². The molecule has 48 heavy (non-hydrogen) atoms. The number of carbonyl (C=O) groups is 2. The molecule has 2 aliphatic rings. The highest BCUT2D eigenvalue weighted by atomic mass is 35.5. The summed E-state index contributed by atoms with van der Waals surface area (Å²) in [6, 6.07) is 11.1. The van der Waals surface area contributed by atoms with Crippen LogP contribution in [0.15, 0.2) is 61.2 Å². The highest BCUT2D eigenvalue weighted by Gasteiger charge is 2.54. The van der Waals surface area contributed by atoms with E-state index in [1.807, 2.05) is 27.7 Å². The Balaban J connectivity index is 1.38. The Morgan fingerprint density at radius 3 is 2.50 bits per heavy atom. The number of aromatic amines is 1. The zero-order chi connectivity index (χ0) is 34.4. The molecule has 0 bridgehead atoms. The molecule has 1 saturated carbocycles. The van der Waals surface area contributed by atoms with Gasteiger partial charge in [0.15, 0.2) is 11.8 Å². The zero-order valence-electron chi connectivity index (χ0n) is 26.9. The summed E-state index contributed by atoms with van der Waals surface area (Å²) in [5, 5.41) is 26.1. The lowest BCUT2D eigenvalue weighted by atomic mass is 9.75. The SMILES string of the molecule is CC(C)(C)C[C@]1(c2ccc(-c3cnn(C(F)F)c3)cc2)NC(=N)N([C@H](COC(=O)NC2(C)CC2)c2ccc(Cl)c(-c3nc[nH]n3)c2)C1=O. The second kappa shape index (κ2) is 12.3. The van der Waals surface area contributed by atoms with Gasteiger partial charge in [0.05, 0.1) is 17.3 Å². The van der Waals surface area contributed by atoms with Crippen molar-refractivity contribution in [3.05, 3.63) is 77.3 Å². The number of nitrogens with zero attached hydrogens (tertiary/aromatic N) is 5. The van der Waals surface area contributed by atoms with Crippen molar-refractivity contribution in [1.82, 2.24) is 40.5 Å². The van der Waals surface area contributed by atoms with Crippen LogP contribution in [0.5, 0.6) is 0 Å². The number of alkyl carbamates (subject to hydrolysis) is 1. The lowest BCUT2D eigenvalue weighted by molar-refractivity contribution is -0.134. The van der Waals surface area contributed by atoms with Gasteiger partial charge in [-0.2, -0.15) is 19.0 Å². The molecule has 3 heterocycles. The Hall–Kier alpha value is -4.85. The summed E-state index contributed by atoms with van der Waals surface area (Å²) in [6.07, 6.45) is 5.38. The summed E-state index contributed by atoms with van der Waals surface area (Å²) < 4.78 is 32.6. The number of amides is 2. The standard InChI is InChI=1S/C33H36ClF2N9O3/c1-31(2,3)17-33(22-8-5-19(6-9-22)21-14-40-44(15-21)28(35)36)27(46)45(29(37)41-33)25(16-48-30(47)42-32(4)11-12-32)20-7-10-24(34)23(13-20)26-38-18-39-43-26/h5-10,13-15,18,25,28H,11-12,16-17H2,1-4H3,(H2,37,41)(H,42,47)(H,38,39,43)/t25-,33-/m1/s1. The predicted octanol–water partition coefficient (Wildman–Crippen LogP) is 6.40. The molecule has 2 aromatic heterocycles. The third-order valence-corrected chi connectivity index (χ3v) is 8.91. The Morgan fingerprint density at radius 2 is 1.90 bits per heavy atom. The fourth-order valence-electron chi connectivity index (χ4n) is 6.00. The van der Waals surface area contributed by atoms with Gasteiger partial charge in [-0.15, -0.1) is 0 Å². The molecule has 0 unspecified atom stereocenters. The minimum Gasteiger partial charge on any atom is -0.447 e. The van der Waals surface area contributed by atoms with Gasteiger partial charge in [-0.25, -0.2) is 14.5 Å². The summed E-state index contributed by atoms with van der Waals surface area (Å²) in [7, 11) is 0. The van der Waals surface area contributed by atoms with E-state index in [4.69, 9.17) is 21.7 Å². The fraction of sp³-hybridized carbons (Fsp3) is 0.394. The summed E-state index contributed by atoms with van der Waals surface area (Å²) >= 11 is 6.52. The van der Waals surface area contributed by atoms with Gasteiger partial charge in [-0.3, -0.25) is 20.2 Å². The lowest BCUT2D eigenvalue weighted by Gasteiger charge is -2.35. The van der Waals surface area contributed by atoms with Crippen molar-refractivity contribution in [1.29, 1.82) is 5.41 Å². The number of nitrogens with one attached hydrogen (secondary N) is 4. The maximum Gasteiger partial charge on any atom is 0.407 e. The summed E-state index contributed by atoms with van der Waals surface area (Å²) in [5.74, 6) is -0.259. The average Bonchev–Trinajstić information content (AvgIpc) is 3.42. The van der Waals surface area contributed by atoms with E-state index in [9.17, 15) is 18.4 Å². The molecule has 2 atom stereocenters.